The monoisotopic (exact) mass is 333 g/mol. The fourth-order valence-corrected chi connectivity index (χ4v) is 3.57. The zero-order valence-electron chi connectivity index (χ0n) is 13.4. The molecule has 0 atom stereocenters. The second-order valence-electron chi connectivity index (χ2n) is 6.42. The molecule has 2 aliphatic rings. The van der Waals surface area contributed by atoms with Gasteiger partial charge in [0.05, 0.1) is 18.8 Å². The summed E-state index contributed by atoms with van der Waals surface area (Å²) in [5.41, 5.74) is 8.42. The van der Waals surface area contributed by atoms with Gasteiger partial charge in [-0.05, 0) is 43.5 Å². The molecular formula is C17H23N3O2S. The average Bonchev–Trinajstić information content (AvgIpc) is 2.97. The largest absolute Gasteiger partial charge is 0.372 e. The zero-order valence-corrected chi connectivity index (χ0v) is 14.2. The summed E-state index contributed by atoms with van der Waals surface area (Å²) in [6, 6.07) is 5.89. The Bertz CT molecular complexity index is 626. The van der Waals surface area contributed by atoms with Gasteiger partial charge >= 0.3 is 0 Å². The molecule has 6 heteroatoms. The van der Waals surface area contributed by atoms with E-state index in [2.05, 4.69) is 10.2 Å². The van der Waals surface area contributed by atoms with E-state index in [4.69, 9.17) is 22.7 Å². The summed E-state index contributed by atoms with van der Waals surface area (Å²) in [5.74, 6) is -0.0796. The number of ether oxygens (including phenoxy) is 1. The van der Waals surface area contributed by atoms with Gasteiger partial charge in [-0.3, -0.25) is 4.79 Å². The number of carbonyl (C=O) groups excluding carboxylic acids is 1. The number of benzene rings is 1. The lowest BCUT2D eigenvalue weighted by molar-refractivity contribution is -0.121. The van der Waals surface area contributed by atoms with Crippen LogP contribution in [0.25, 0.3) is 0 Å². The van der Waals surface area contributed by atoms with Crippen LogP contribution in [0.3, 0.4) is 0 Å². The van der Waals surface area contributed by atoms with Crippen molar-refractivity contribution in [2.75, 3.05) is 30.0 Å². The third-order valence-corrected chi connectivity index (χ3v) is 5.02. The second-order valence-corrected chi connectivity index (χ2v) is 6.89. The molecular weight excluding hydrogens is 310 g/mol. The topological polar surface area (TPSA) is 67.6 Å². The number of nitrogens with two attached hydrogens (primary N) is 1. The van der Waals surface area contributed by atoms with Gasteiger partial charge in [-0.2, -0.15) is 0 Å². The van der Waals surface area contributed by atoms with E-state index in [1.807, 2.05) is 25.1 Å². The number of carbonyl (C=O) groups is 1. The van der Waals surface area contributed by atoms with E-state index >= 15 is 0 Å². The van der Waals surface area contributed by atoms with Crippen LogP contribution in [0.4, 0.5) is 11.4 Å². The molecule has 1 saturated carbocycles. The van der Waals surface area contributed by atoms with E-state index in [-0.39, 0.29) is 5.91 Å². The number of thiocarbonyl (C=S) groups is 1. The van der Waals surface area contributed by atoms with E-state index in [9.17, 15) is 4.79 Å². The standard InChI is InChI=1S/C17H23N3O2S/c1-12-10-13(19-16(21)17(18)6-2-3-7-17)4-5-14(12)20-8-9-22-11-15(20)23/h4-5,10H,2-3,6-9,11,18H2,1H3,(H,19,21). The van der Waals surface area contributed by atoms with Crippen LogP contribution in [-0.2, 0) is 9.53 Å². The molecule has 124 valence electrons. The lowest BCUT2D eigenvalue weighted by atomic mass is 9.98. The van der Waals surface area contributed by atoms with Crippen molar-refractivity contribution < 1.29 is 9.53 Å². The number of morpholine rings is 1. The highest BCUT2D eigenvalue weighted by Gasteiger charge is 2.37. The van der Waals surface area contributed by atoms with Crippen LogP contribution < -0.4 is 16.0 Å². The van der Waals surface area contributed by atoms with E-state index < -0.39 is 5.54 Å². The van der Waals surface area contributed by atoms with Gasteiger partial charge in [-0.1, -0.05) is 25.1 Å². The maximum absolute atomic E-state index is 12.4. The first kappa shape index (κ1) is 16.4. The molecule has 2 fully saturated rings. The van der Waals surface area contributed by atoms with Crippen LogP contribution in [0.1, 0.15) is 31.2 Å². The van der Waals surface area contributed by atoms with E-state index in [0.29, 0.717) is 13.2 Å². The molecule has 0 unspecified atom stereocenters. The Balaban J connectivity index is 1.74. The lowest BCUT2D eigenvalue weighted by Crippen LogP contribution is -2.48. The van der Waals surface area contributed by atoms with Crippen molar-refractivity contribution in [1.29, 1.82) is 0 Å². The minimum atomic E-state index is -0.710. The minimum absolute atomic E-state index is 0.0796. The summed E-state index contributed by atoms with van der Waals surface area (Å²) >= 11 is 5.37. The van der Waals surface area contributed by atoms with Gasteiger partial charge in [-0.15, -0.1) is 0 Å². The van der Waals surface area contributed by atoms with Crippen molar-refractivity contribution in [3.05, 3.63) is 23.8 Å². The van der Waals surface area contributed by atoms with Crippen LogP contribution >= 0.6 is 12.2 Å². The number of nitrogens with zero attached hydrogens (tertiary/aromatic N) is 1. The number of nitrogens with one attached hydrogen (secondary N) is 1. The molecule has 5 nitrogen and oxygen atoms in total. The number of amides is 1. The molecule has 0 bridgehead atoms. The summed E-state index contributed by atoms with van der Waals surface area (Å²) < 4.78 is 5.36. The minimum Gasteiger partial charge on any atom is -0.372 e. The van der Waals surface area contributed by atoms with Gasteiger partial charge in [0.15, 0.2) is 0 Å². The van der Waals surface area contributed by atoms with Crippen molar-refractivity contribution in [3.63, 3.8) is 0 Å². The maximum atomic E-state index is 12.4. The van der Waals surface area contributed by atoms with Gasteiger partial charge in [0, 0.05) is 17.9 Å². The molecule has 23 heavy (non-hydrogen) atoms. The fraction of sp³-hybridized carbons (Fsp3) is 0.529. The van der Waals surface area contributed by atoms with Gasteiger partial charge in [-0.25, -0.2) is 0 Å². The molecule has 3 N–H and O–H groups in total. The molecule has 1 aliphatic heterocycles. The SMILES string of the molecule is Cc1cc(NC(=O)C2(N)CCCC2)ccc1N1CCOCC1=S. The highest BCUT2D eigenvalue weighted by atomic mass is 32.1. The molecule has 0 radical (unpaired) electrons. The average molecular weight is 333 g/mol. The van der Waals surface area contributed by atoms with E-state index in [0.717, 1.165) is 54.2 Å². The molecule has 1 aliphatic carbocycles. The first-order valence-corrected chi connectivity index (χ1v) is 8.49. The summed E-state index contributed by atoms with van der Waals surface area (Å²) in [4.78, 5) is 15.3. The predicted molar refractivity (Wildman–Crippen MR) is 96.0 cm³/mol. The van der Waals surface area contributed by atoms with E-state index in [1.165, 1.54) is 0 Å². The normalized spacial score (nSPS) is 20.6. The molecule has 0 spiro atoms. The maximum Gasteiger partial charge on any atom is 0.244 e. The highest BCUT2D eigenvalue weighted by Crippen LogP contribution is 2.30. The summed E-state index contributed by atoms with van der Waals surface area (Å²) in [6.45, 7) is 3.95. The Hall–Kier alpha value is -1.50. The quantitative estimate of drug-likeness (QED) is 0.831. The number of rotatable bonds is 3. The first-order chi connectivity index (χ1) is 11.0. The summed E-state index contributed by atoms with van der Waals surface area (Å²) in [7, 11) is 0. The van der Waals surface area contributed by atoms with Crippen molar-refractivity contribution in [2.24, 2.45) is 5.73 Å². The summed E-state index contributed by atoms with van der Waals surface area (Å²) in [6.07, 6.45) is 3.57. The van der Waals surface area contributed by atoms with Crippen molar-refractivity contribution in [3.8, 4) is 0 Å². The Morgan fingerprint density at radius 3 is 2.78 bits per heavy atom. The summed E-state index contributed by atoms with van der Waals surface area (Å²) in [5, 5.41) is 2.97. The van der Waals surface area contributed by atoms with Gasteiger partial charge in [0.25, 0.3) is 0 Å². The first-order valence-electron chi connectivity index (χ1n) is 8.09. The third kappa shape index (κ3) is 3.39. The smallest absolute Gasteiger partial charge is 0.244 e. The number of hydrogen-bond acceptors (Lipinski definition) is 4. The van der Waals surface area contributed by atoms with Crippen LogP contribution in [0, 0.1) is 6.92 Å². The van der Waals surface area contributed by atoms with Crippen molar-refractivity contribution in [1.82, 2.24) is 0 Å². The van der Waals surface area contributed by atoms with Gasteiger partial charge in [0.2, 0.25) is 5.91 Å². The molecule has 1 saturated heterocycles. The van der Waals surface area contributed by atoms with Crippen LogP contribution in [-0.4, -0.2) is 36.2 Å². The Morgan fingerprint density at radius 1 is 1.39 bits per heavy atom. The second kappa shape index (κ2) is 6.55. The highest BCUT2D eigenvalue weighted by molar-refractivity contribution is 7.80. The molecule has 1 heterocycles. The van der Waals surface area contributed by atoms with Crippen molar-refractivity contribution >= 4 is 34.5 Å². The molecule has 1 aromatic carbocycles. The number of hydrogen-bond donors (Lipinski definition) is 2. The Morgan fingerprint density at radius 2 is 2.13 bits per heavy atom. The lowest BCUT2D eigenvalue weighted by Gasteiger charge is -2.31. The zero-order chi connectivity index (χ0) is 16.4. The van der Waals surface area contributed by atoms with Crippen LogP contribution in [0.2, 0.25) is 0 Å². The Kier molecular flexibility index (Phi) is 4.66. The van der Waals surface area contributed by atoms with E-state index in [1.54, 1.807) is 0 Å². The number of aryl methyl sites for hydroxylation is 1. The van der Waals surface area contributed by atoms with Crippen molar-refractivity contribution in [2.45, 2.75) is 38.1 Å². The fourth-order valence-electron chi connectivity index (χ4n) is 3.30. The van der Waals surface area contributed by atoms with Crippen LogP contribution in [0.5, 0.6) is 0 Å². The van der Waals surface area contributed by atoms with Gasteiger partial charge in [0.1, 0.15) is 4.99 Å². The molecule has 1 amide bonds. The molecule has 1 aromatic rings. The predicted octanol–water partition coefficient (Wildman–Crippen LogP) is 2.37. The van der Waals surface area contributed by atoms with Gasteiger partial charge < -0.3 is 20.7 Å². The van der Waals surface area contributed by atoms with Crippen LogP contribution in [0.15, 0.2) is 18.2 Å². The Labute approximate surface area is 142 Å². The third-order valence-electron chi connectivity index (χ3n) is 4.68. The molecule has 3 rings (SSSR count). The molecule has 0 aromatic heterocycles. The number of anilines is 2.